The Morgan fingerprint density at radius 3 is 2.44 bits per heavy atom. The summed E-state index contributed by atoms with van der Waals surface area (Å²) in [4.78, 5) is 0. The highest BCUT2D eigenvalue weighted by molar-refractivity contribution is 14.1. The van der Waals surface area contributed by atoms with E-state index in [4.69, 9.17) is 5.73 Å². The minimum absolute atomic E-state index is 0.383. The van der Waals surface area contributed by atoms with Crippen molar-refractivity contribution in [3.05, 3.63) is 0 Å². The Labute approximate surface area is 116 Å². The van der Waals surface area contributed by atoms with Gasteiger partial charge in [0, 0.05) is 0 Å². The van der Waals surface area contributed by atoms with Crippen molar-refractivity contribution >= 4 is 35.4 Å². The first kappa shape index (κ1) is 14.9. The van der Waals surface area contributed by atoms with Gasteiger partial charge in [-0.1, -0.05) is 57.7 Å². The van der Waals surface area contributed by atoms with Crippen LogP contribution in [0.5, 0.6) is 0 Å². The maximum absolute atomic E-state index is 6.00. The van der Waals surface area contributed by atoms with E-state index in [1.54, 1.807) is 0 Å². The van der Waals surface area contributed by atoms with E-state index >= 15 is 0 Å². The average Bonchev–Trinajstić information content (AvgIpc) is 2.40. The van der Waals surface area contributed by atoms with Crippen molar-refractivity contribution in [3.8, 4) is 0 Å². The molecular weight excluding hydrogens is 307 g/mol. The molecule has 1 aliphatic carbocycles. The van der Waals surface area contributed by atoms with Crippen LogP contribution in [0.4, 0.5) is 0 Å². The first-order valence-electron chi connectivity index (χ1n) is 6.88. The van der Waals surface area contributed by atoms with E-state index in [1.807, 2.05) is 0 Å². The molecule has 2 N–H and O–H groups in total. The zero-order valence-corrected chi connectivity index (χ0v) is 13.1. The summed E-state index contributed by atoms with van der Waals surface area (Å²) in [6.45, 7) is 3.25. The zero-order valence-electron chi connectivity index (χ0n) is 11.0. The maximum atomic E-state index is 6.00. The molecule has 0 amide bonds. The average molecular weight is 333 g/mol. The van der Waals surface area contributed by atoms with Gasteiger partial charge < -0.3 is 5.73 Å². The Hall–Kier alpha value is 0.820. The van der Waals surface area contributed by atoms with Crippen molar-refractivity contribution < 1.29 is 0 Å². The largest absolute Gasteiger partial charge is 0.331 e. The van der Waals surface area contributed by atoms with Gasteiger partial charge in [0.25, 0.3) is 0 Å². The summed E-state index contributed by atoms with van der Waals surface area (Å²) in [7, 11) is 2.42. The van der Waals surface area contributed by atoms with Crippen LogP contribution in [0.15, 0.2) is 0 Å². The smallest absolute Gasteiger partial charge is 0.207 e. The third kappa shape index (κ3) is 4.25. The lowest BCUT2D eigenvalue weighted by Gasteiger charge is -2.35. The number of hydrogen-bond donors (Lipinski definition) is 1. The first-order valence-corrected chi connectivity index (χ1v) is 8.41. The molecule has 0 saturated heterocycles. The Bertz CT molecular complexity index is 197. The fourth-order valence-corrected chi connectivity index (χ4v) is 3.85. The SMILES string of the molecule is BC1CCCCC(C(C)(BI)CN)CCC1. The van der Waals surface area contributed by atoms with Crippen LogP contribution >= 0.6 is 22.4 Å². The van der Waals surface area contributed by atoms with Gasteiger partial charge in [-0.2, -0.15) is 22.4 Å². The number of hydrogen-bond acceptors (Lipinski definition) is 1. The van der Waals surface area contributed by atoms with E-state index < -0.39 is 0 Å². The van der Waals surface area contributed by atoms with Crippen LogP contribution in [-0.4, -0.2) is 19.5 Å². The van der Waals surface area contributed by atoms with Gasteiger partial charge in [-0.15, -0.1) is 0 Å². The quantitative estimate of drug-likeness (QED) is 0.624. The van der Waals surface area contributed by atoms with E-state index in [-0.39, 0.29) is 0 Å². The predicted octanol–water partition coefficient (Wildman–Crippen LogP) is 2.69. The van der Waals surface area contributed by atoms with E-state index in [2.05, 4.69) is 37.1 Å². The molecule has 0 heterocycles. The third-order valence-corrected chi connectivity index (χ3v) is 6.25. The fraction of sp³-hybridized carbons (Fsp3) is 1.00. The lowest BCUT2D eigenvalue weighted by molar-refractivity contribution is 0.326. The van der Waals surface area contributed by atoms with Crippen LogP contribution < -0.4 is 5.73 Å². The minimum atomic E-state index is 0.383. The molecule has 3 unspecified atom stereocenters. The molecule has 0 radical (unpaired) electrons. The predicted molar refractivity (Wildman–Crippen MR) is 86.7 cm³/mol. The van der Waals surface area contributed by atoms with Gasteiger partial charge in [0.15, 0.2) is 0 Å². The van der Waals surface area contributed by atoms with E-state index in [0.29, 0.717) is 5.31 Å². The third-order valence-electron chi connectivity index (χ3n) is 4.51. The normalized spacial score (nSPS) is 31.9. The molecule has 0 aromatic carbocycles. The molecule has 1 aliphatic rings. The molecule has 4 heteroatoms. The summed E-state index contributed by atoms with van der Waals surface area (Å²) >= 11 is 2.52. The molecule has 0 aromatic heterocycles. The lowest BCUT2D eigenvalue weighted by Crippen LogP contribution is -2.32. The summed E-state index contributed by atoms with van der Waals surface area (Å²) < 4.78 is 0. The topological polar surface area (TPSA) is 26.0 Å². The van der Waals surface area contributed by atoms with Gasteiger partial charge in [0.05, 0.1) is 0 Å². The monoisotopic (exact) mass is 333 g/mol. The van der Waals surface area contributed by atoms with Crippen molar-refractivity contribution in [2.75, 3.05) is 6.54 Å². The van der Waals surface area contributed by atoms with E-state index in [1.165, 1.54) is 50.1 Å². The van der Waals surface area contributed by atoms with Crippen molar-refractivity contribution in [3.63, 3.8) is 0 Å². The van der Waals surface area contributed by atoms with Crippen LogP contribution in [0.3, 0.4) is 0 Å². The Morgan fingerprint density at radius 2 is 1.81 bits per heavy atom. The van der Waals surface area contributed by atoms with Crippen LogP contribution in [0, 0.1) is 5.92 Å². The second kappa shape index (κ2) is 7.30. The van der Waals surface area contributed by atoms with Crippen LogP contribution in [0.1, 0.15) is 51.9 Å². The molecule has 1 saturated carbocycles. The molecule has 1 fully saturated rings. The number of nitrogens with two attached hydrogens (primary N) is 1. The summed E-state index contributed by atoms with van der Waals surface area (Å²) in [6.07, 6.45) is 9.94. The van der Waals surface area contributed by atoms with Gasteiger partial charge in [0.1, 0.15) is 7.85 Å². The Morgan fingerprint density at radius 1 is 1.25 bits per heavy atom. The van der Waals surface area contributed by atoms with Gasteiger partial charge in [0.2, 0.25) is 5.14 Å². The number of halogens is 1. The molecular formula is C12H26B2IN. The second-order valence-electron chi connectivity index (χ2n) is 6.01. The fourth-order valence-electron chi connectivity index (χ4n) is 2.91. The van der Waals surface area contributed by atoms with Gasteiger partial charge in [-0.25, -0.2) is 0 Å². The van der Waals surface area contributed by atoms with Crippen molar-refractivity contribution in [1.29, 1.82) is 0 Å². The molecule has 16 heavy (non-hydrogen) atoms. The highest BCUT2D eigenvalue weighted by Crippen LogP contribution is 2.42. The maximum Gasteiger partial charge on any atom is 0.207 e. The molecule has 0 aliphatic heterocycles. The summed E-state index contributed by atoms with van der Waals surface area (Å²) in [5.41, 5.74) is 6.00. The minimum Gasteiger partial charge on any atom is -0.331 e. The summed E-state index contributed by atoms with van der Waals surface area (Å²) in [5.74, 6) is 1.81. The Kier molecular flexibility index (Phi) is 6.79. The number of rotatable bonds is 3. The second-order valence-corrected chi connectivity index (χ2v) is 6.77. The molecule has 0 spiro atoms. The van der Waals surface area contributed by atoms with Gasteiger partial charge >= 0.3 is 0 Å². The standard InChI is InChI=1S/C12H26B2IN/c1-12(9-16,14-15)10-5-2-3-7-11(13)8-4-6-10/h10-11,14H,2-9,13,16H2,1H3. The summed E-state index contributed by atoms with van der Waals surface area (Å²) in [5, 5.41) is 1.59. The molecule has 3 atom stereocenters. The van der Waals surface area contributed by atoms with Crippen LogP contribution in [-0.2, 0) is 0 Å². The van der Waals surface area contributed by atoms with Gasteiger partial charge in [-0.05, 0) is 17.8 Å². The Balaban J connectivity index is 2.57. The molecule has 1 rings (SSSR count). The van der Waals surface area contributed by atoms with Gasteiger partial charge in [-0.3, -0.25) is 0 Å². The van der Waals surface area contributed by atoms with Crippen molar-refractivity contribution in [1.82, 2.24) is 0 Å². The first-order chi connectivity index (χ1) is 7.62. The van der Waals surface area contributed by atoms with Crippen LogP contribution in [0.25, 0.3) is 0 Å². The van der Waals surface area contributed by atoms with E-state index in [9.17, 15) is 0 Å². The van der Waals surface area contributed by atoms with Crippen LogP contribution in [0.2, 0.25) is 11.1 Å². The highest BCUT2D eigenvalue weighted by atomic mass is 127. The molecule has 92 valence electrons. The highest BCUT2D eigenvalue weighted by Gasteiger charge is 2.32. The van der Waals surface area contributed by atoms with Crippen molar-refractivity contribution in [2.45, 2.75) is 63.0 Å². The molecule has 0 aromatic rings. The lowest BCUT2D eigenvalue weighted by atomic mass is 9.59. The van der Waals surface area contributed by atoms with E-state index in [0.717, 1.165) is 18.3 Å². The summed E-state index contributed by atoms with van der Waals surface area (Å²) in [6, 6.07) is 0. The molecule has 0 bridgehead atoms. The van der Waals surface area contributed by atoms with Crippen molar-refractivity contribution in [2.24, 2.45) is 11.7 Å². The molecule has 1 nitrogen and oxygen atoms in total. The zero-order chi connectivity index (χ0) is 12.0.